The van der Waals surface area contributed by atoms with E-state index >= 15 is 0 Å². The van der Waals surface area contributed by atoms with Crippen LogP contribution in [0.4, 0.5) is 14.4 Å². The summed E-state index contributed by atoms with van der Waals surface area (Å²) >= 11 is 0. The van der Waals surface area contributed by atoms with Crippen LogP contribution in [0.5, 0.6) is 0 Å². The Hall–Kier alpha value is -3.30. The second-order valence-electron chi connectivity index (χ2n) is 10.2. The molecule has 0 spiro atoms. The first-order valence-corrected chi connectivity index (χ1v) is 11.6. The second-order valence-corrected chi connectivity index (χ2v) is 10.2. The third-order valence-corrected chi connectivity index (χ3v) is 4.86. The topological polar surface area (TPSA) is 112 Å². The van der Waals surface area contributed by atoms with Crippen LogP contribution in [-0.2, 0) is 25.4 Å². The van der Waals surface area contributed by atoms with Crippen molar-refractivity contribution in [1.82, 2.24) is 9.80 Å². The molecule has 0 aliphatic carbocycles. The summed E-state index contributed by atoms with van der Waals surface area (Å²) in [6.45, 7) is 13.4. The molecule has 0 unspecified atom stereocenters. The highest BCUT2D eigenvalue weighted by molar-refractivity contribution is 5.95. The Morgan fingerprint density at radius 3 is 2.00 bits per heavy atom. The summed E-state index contributed by atoms with van der Waals surface area (Å²) in [5.74, 6) is -0.820. The number of carbonyl (C=O) groups is 4. The molecule has 1 aromatic rings. The fourth-order valence-corrected chi connectivity index (χ4v) is 3.41. The van der Waals surface area contributed by atoms with Crippen LogP contribution in [0.2, 0.25) is 0 Å². The Balaban J connectivity index is 2.17. The summed E-state index contributed by atoms with van der Waals surface area (Å²) in [6.07, 6.45) is -1.55. The predicted molar refractivity (Wildman–Crippen MR) is 127 cm³/mol. The Kier molecular flexibility index (Phi) is 9.12. The van der Waals surface area contributed by atoms with Crippen molar-refractivity contribution in [3.8, 4) is 0 Å². The number of hydrogen-bond donors (Lipinski definition) is 0. The Morgan fingerprint density at radius 1 is 0.886 bits per heavy atom. The highest BCUT2D eigenvalue weighted by atomic mass is 16.7. The zero-order chi connectivity index (χ0) is 26.4. The minimum absolute atomic E-state index is 0.0981. The summed E-state index contributed by atoms with van der Waals surface area (Å²) in [4.78, 5) is 52.2. The van der Waals surface area contributed by atoms with Gasteiger partial charge in [-0.3, -0.25) is 0 Å². The molecule has 1 aromatic carbocycles. The molecule has 35 heavy (non-hydrogen) atoms. The van der Waals surface area contributed by atoms with Gasteiger partial charge < -0.3 is 28.7 Å². The zero-order valence-electron chi connectivity index (χ0n) is 21.6. The van der Waals surface area contributed by atoms with Gasteiger partial charge >= 0.3 is 24.3 Å². The molecule has 0 saturated carbocycles. The lowest BCUT2D eigenvalue weighted by atomic mass is 10.0. The largest absolute Gasteiger partial charge is 0.516 e. The first kappa shape index (κ1) is 27.9. The Labute approximate surface area is 206 Å². The van der Waals surface area contributed by atoms with Gasteiger partial charge in [0.05, 0.1) is 18.2 Å². The van der Waals surface area contributed by atoms with Crippen LogP contribution in [0.15, 0.2) is 24.3 Å². The molecule has 1 fully saturated rings. The molecular formula is C25H36N2O8. The van der Waals surface area contributed by atoms with Crippen molar-refractivity contribution < 1.29 is 38.1 Å². The summed E-state index contributed by atoms with van der Waals surface area (Å²) in [5, 5.41) is 0. The van der Waals surface area contributed by atoms with Gasteiger partial charge in [0, 0.05) is 19.6 Å². The fourth-order valence-electron chi connectivity index (χ4n) is 3.41. The van der Waals surface area contributed by atoms with E-state index in [0.717, 1.165) is 5.56 Å². The molecule has 194 valence electrons. The van der Waals surface area contributed by atoms with Crippen molar-refractivity contribution in [2.24, 2.45) is 0 Å². The molecule has 0 radical (unpaired) electrons. The van der Waals surface area contributed by atoms with E-state index in [2.05, 4.69) is 9.47 Å². The van der Waals surface area contributed by atoms with Crippen LogP contribution < -0.4 is 0 Å². The van der Waals surface area contributed by atoms with E-state index in [4.69, 9.17) is 9.47 Å². The second kappa shape index (κ2) is 11.4. The summed E-state index contributed by atoms with van der Waals surface area (Å²) < 4.78 is 20.3. The number of piperazine rings is 1. The molecule has 10 heteroatoms. The number of nitrogens with zero attached hydrogens (tertiary/aromatic N) is 2. The number of hydrogen-bond acceptors (Lipinski definition) is 8. The molecule has 1 aliphatic rings. The number of carbonyl (C=O) groups excluding carboxylic acids is 4. The first-order chi connectivity index (χ1) is 16.2. The van der Waals surface area contributed by atoms with Gasteiger partial charge in [0.1, 0.15) is 11.2 Å². The van der Waals surface area contributed by atoms with Gasteiger partial charge in [0.25, 0.3) is 0 Å². The number of esters is 1. The van der Waals surface area contributed by atoms with Crippen LogP contribution >= 0.6 is 0 Å². The van der Waals surface area contributed by atoms with Crippen molar-refractivity contribution in [3.05, 3.63) is 35.4 Å². The molecular weight excluding hydrogens is 456 g/mol. The van der Waals surface area contributed by atoms with Gasteiger partial charge in [-0.05, 0) is 72.6 Å². The van der Waals surface area contributed by atoms with E-state index in [9.17, 15) is 19.2 Å². The van der Waals surface area contributed by atoms with Gasteiger partial charge in [-0.25, -0.2) is 19.2 Å². The van der Waals surface area contributed by atoms with Crippen molar-refractivity contribution in [2.75, 3.05) is 26.2 Å². The van der Waals surface area contributed by atoms with Crippen LogP contribution in [0.3, 0.4) is 0 Å². The molecule has 0 bridgehead atoms. The lowest BCUT2D eigenvalue weighted by molar-refractivity contribution is -0.0146. The zero-order valence-corrected chi connectivity index (χ0v) is 21.6. The summed E-state index contributed by atoms with van der Waals surface area (Å²) in [5.41, 5.74) is -0.291. The molecule has 10 nitrogen and oxygen atoms in total. The normalized spacial score (nSPS) is 16.4. The third kappa shape index (κ3) is 9.11. The van der Waals surface area contributed by atoms with Crippen molar-refractivity contribution in [2.45, 2.75) is 72.1 Å². The van der Waals surface area contributed by atoms with E-state index in [0.29, 0.717) is 19.5 Å². The number of rotatable bonds is 4. The van der Waals surface area contributed by atoms with Gasteiger partial charge in [-0.2, -0.15) is 0 Å². The lowest BCUT2D eigenvalue weighted by Crippen LogP contribution is -2.58. The maximum Gasteiger partial charge on any atom is 0.516 e. The number of benzene rings is 1. The first-order valence-electron chi connectivity index (χ1n) is 11.6. The van der Waals surface area contributed by atoms with Crippen LogP contribution in [0.25, 0.3) is 0 Å². The van der Waals surface area contributed by atoms with Crippen LogP contribution in [-0.4, -0.2) is 77.6 Å². The Morgan fingerprint density at radius 2 is 1.46 bits per heavy atom. The van der Waals surface area contributed by atoms with Crippen molar-refractivity contribution >= 4 is 24.3 Å². The Bertz CT molecular complexity index is 915. The summed E-state index contributed by atoms with van der Waals surface area (Å²) in [6, 6.07) is 6.11. The molecule has 0 aromatic heterocycles. The molecule has 1 heterocycles. The van der Waals surface area contributed by atoms with Gasteiger partial charge in [0.2, 0.25) is 0 Å². The van der Waals surface area contributed by atoms with Crippen molar-refractivity contribution in [3.63, 3.8) is 0 Å². The maximum absolute atomic E-state index is 12.9. The molecule has 0 N–H and O–H groups in total. The fraction of sp³-hybridized carbons (Fsp3) is 0.600. The number of ether oxygens (including phenoxy) is 4. The predicted octanol–water partition coefficient (Wildman–Crippen LogP) is 4.40. The molecule has 2 rings (SSSR count). The molecule has 1 atom stereocenters. The molecule has 1 aliphatic heterocycles. The monoisotopic (exact) mass is 492 g/mol. The van der Waals surface area contributed by atoms with Gasteiger partial charge in [0.15, 0.2) is 0 Å². The maximum atomic E-state index is 12.9. The van der Waals surface area contributed by atoms with E-state index < -0.39 is 35.5 Å². The summed E-state index contributed by atoms with van der Waals surface area (Å²) in [7, 11) is 0. The van der Waals surface area contributed by atoms with E-state index in [-0.39, 0.29) is 24.8 Å². The SMILES string of the molecule is CCOC(=O)OC(=O)c1ccc(C[C@@H]2CN(C(=O)OC(C)(C)C)CCN2C(=O)OC(C)(C)C)cc1. The van der Waals surface area contributed by atoms with Crippen LogP contribution in [0.1, 0.15) is 64.4 Å². The lowest BCUT2D eigenvalue weighted by Gasteiger charge is -2.42. The average Bonchev–Trinajstić information content (AvgIpc) is 2.71. The smallest absolute Gasteiger partial charge is 0.444 e. The highest BCUT2D eigenvalue weighted by Crippen LogP contribution is 2.21. The third-order valence-electron chi connectivity index (χ3n) is 4.86. The van der Waals surface area contributed by atoms with Crippen molar-refractivity contribution in [1.29, 1.82) is 0 Å². The molecule has 1 saturated heterocycles. The minimum atomic E-state index is -1.06. The van der Waals surface area contributed by atoms with Crippen LogP contribution in [0, 0.1) is 0 Å². The van der Waals surface area contributed by atoms with Gasteiger partial charge in [-0.1, -0.05) is 12.1 Å². The van der Waals surface area contributed by atoms with Gasteiger partial charge in [-0.15, -0.1) is 0 Å². The highest BCUT2D eigenvalue weighted by Gasteiger charge is 2.36. The quantitative estimate of drug-likeness (QED) is 0.345. The average molecular weight is 493 g/mol. The van der Waals surface area contributed by atoms with E-state index in [1.54, 1.807) is 70.4 Å². The number of amides is 2. The standard InChI is InChI=1S/C25H36N2O8/c1-8-32-23(31)33-20(28)18-11-9-17(10-12-18)15-19-16-26(21(29)34-24(2,3)4)13-14-27(19)22(30)35-25(5,6)7/h9-12,19H,8,13-16H2,1-7H3/t19-/m1/s1. The van der Waals surface area contributed by atoms with E-state index in [1.165, 1.54) is 12.1 Å². The minimum Gasteiger partial charge on any atom is -0.444 e. The molecule has 2 amide bonds. The van der Waals surface area contributed by atoms with E-state index in [1.807, 2.05) is 0 Å².